The molecule has 1 unspecified atom stereocenters. The van der Waals surface area contributed by atoms with Crippen molar-refractivity contribution < 1.29 is 4.74 Å². The van der Waals surface area contributed by atoms with Gasteiger partial charge >= 0.3 is 185 Å². The van der Waals surface area contributed by atoms with Crippen LogP contribution in [0.5, 0.6) is 0 Å². The number of hydrogen-bond donors (Lipinski definition) is 0. The molecule has 0 spiro atoms. The van der Waals surface area contributed by atoms with Crippen LogP contribution in [0.25, 0.3) is 0 Å². The second-order valence-corrected chi connectivity index (χ2v) is 29.1. The summed E-state index contributed by atoms with van der Waals surface area (Å²) in [6.07, 6.45) is 8.07. The summed E-state index contributed by atoms with van der Waals surface area (Å²) in [5.41, 5.74) is 6.13. The maximum absolute atomic E-state index is 6.28. The van der Waals surface area contributed by atoms with Crippen molar-refractivity contribution in [1.29, 1.82) is 0 Å². The van der Waals surface area contributed by atoms with Gasteiger partial charge in [0, 0.05) is 0 Å². The molecule has 0 aromatic rings. The summed E-state index contributed by atoms with van der Waals surface area (Å²) in [4.78, 5) is 0. The van der Waals surface area contributed by atoms with E-state index in [4.69, 9.17) is 4.74 Å². The SMILES string of the molecule is CCC[CH2][Sn]([CH2]CCC)([CH2]CCC)[CH](C#C[Si](C(C)C)(C(C)C)C(C)C)OC. The van der Waals surface area contributed by atoms with Gasteiger partial charge in [0.2, 0.25) is 0 Å². The maximum atomic E-state index is 6.28. The first-order valence-electron chi connectivity index (χ1n) is 12.2. The van der Waals surface area contributed by atoms with Crippen LogP contribution >= 0.6 is 0 Å². The summed E-state index contributed by atoms with van der Waals surface area (Å²) in [6, 6.07) is 0. The van der Waals surface area contributed by atoms with E-state index in [1.54, 1.807) is 0 Å². The van der Waals surface area contributed by atoms with E-state index in [0.717, 1.165) is 0 Å². The van der Waals surface area contributed by atoms with Gasteiger partial charge < -0.3 is 0 Å². The fourth-order valence-electron chi connectivity index (χ4n) is 5.44. The zero-order valence-corrected chi connectivity index (χ0v) is 24.9. The summed E-state index contributed by atoms with van der Waals surface area (Å²) in [7, 11) is 0.270. The predicted octanol–water partition coefficient (Wildman–Crippen LogP) is 8.61. The Labute approximate surface area is 184 Å². The van der Waals surface area contributed by atoms with Crippen LogP contribution in [0, 0.1) is 11.5 Å². The van der Waals surface area contributed by atoms with E-state index in [0.29, 0.717) is 20.7 Å². The first kappa shape index (κ1) is 28.5. The van der Waals surface area contributed by atoms with E-state index in [1.807, 2.05) is 7.11 Å². The van der Waals surface area contributed by atoms with Crippen molar-refractivity contribution in [3.05, 3.63) is 0 Å². The molecular weight excluding hydrogens is 463 g/mol. The molecule has 0 aliphatic heterocycles. The van der Waals surface area contributed by atoms with E-state index in [9.17, 15) is 0 Å². The second kappa shape index (κ2) is 14.5. The Balaban J connectivity index is 6.17. The standard InChI is InChI=1S/C13H25OSi.3C4H9.Sn/c1-11(2)15(12(3)4,13(5)6)10-8-9-14-7;3*1-3-4-2;/h9,11-13H,1-7H3;3*1,3-4H2,2H3;. The molecule has 0 heterocycles. The van der Waals surface area contributed by atoms with Crippen LogP contribution in [0.1, 0.15) is 101 Å². The molecule has 0 saturated carbocycles. The number of methoxy groups -OCH3 is 1. The van der Waals surface area contributed by atoms with Gasteiger partial charge in [-0.05, 0) is 0 Å². The third-order valence-corrected chi connectivity index (χ3v) is 29.3. The molecule has 0 saturated heterocycles. The molecule has 0 aromatic heterocycles. The van der Waals surface area contributed by atoms with Gasteiger partial charge in [-0.1, -0.05) is 0 Å². The zero-order valence-electron chi connectivity index (χ0n) is 21.1. The minimum atomic E-state index is -2.49. The number of rotatable bonds is 14. The summed E-state index contributed by atoms with van der Waals surface area (Å²) in [5.74, 6) is 3.90. The minimum absolute atomic E-state index is 0.294. The molecule has 0 fully saturated rings. The summed E-state index contributed by atoms with van der Waals surface area (Å²) >= 11 is -2.49. The van der Waals surface area contributed by atoms with Crippen LogP contribution in [0.2, 0.25) is 29.9 Å². The van der Waals surface area contributed by atoms with Gasteiger partial charge in [-0.25, -0.2) is 0 Å². The molecule has 0 aromatic carbocycles. The average molecular weight is 515 g/mol. The first-order valence-corrected chi connectivity index (χ1v) is 22.2. The monoisotopic (exact) mass is 516 g/mol. The van der Waals surface area contributed by atoms with Gasteiger partial charge in [-0.3, -0.25) is 0 Å². The molecule has 0 N–H and O–H groups in total. The molecule has 0 aliphatic rings. The van der Waals surface area contributed by atoms with Crippen LogP contribution in [0.15, 0.2) is 0 Å². The van der Waals surface area contributed by atoms with E-state index >= 15 is 0 Å². The van der Waals surface area contributed by atoms with Crippen molar-refractivity contribution in [3.8, 4) is 11.5 Å². The van der Waals surface area contributed by atoms with Crippen molar-refractivity contribution in [2.24, 2.45) is 0 Å². The van der Waals surface area contributed by atoms with Gasteiger partial charge in [-0.15, -0.1) is 0 Å². The van der Waals surface area contributed by atoms with Gasteiger partial charge in [0.15, 0.2) is 0 Å². The Bertz CT molecular complexity index is 417. The Hall–Kier alpha value is 0.536. The third kappa shape index (κ3) is 7.66. The molecule has 28 heavy (non-hydrogen) atoms. The number of ether oxygens (including phenoxy) is 1. The number of hydrogen-bond acceptors (Lipinski definition) is 1. The van der Waals surface area contributed by atoms with Crippen LogP contribution < -0.4 is 0 Å². The van der Waals surface area contributed by atoms with Crippen LogP contribution in [0.4, 0.5) is 0 Å². The summed E-state index contributed by atoms with van der Waals surface area (Å²) in [5, 5.41) is 0. The normalized spacial score (nSPS) is 13.9. The van der Waals surface area contributed by atoms with Crippen molar-refractivity contribution in [2.75, 3.05) is 7.11 Å². The van der Waals surface area contributed by atoms with Crippen molar-refractivity contribution in [2.45, 2.75) is 135 Å². The van der Waals surface area contributed by atoms with Gasteiger partial charge in [0.25, 0.3) is 0 Å². The van der Waals surface area contributed by atoms with Crippen LogP contribution in [-0.4, -0.2) is 37.7 Å². The Morgan fingerprint density at radius 2 is 1.07 bits per heavy atom. The summed E-state index contributed by atoms with van der Waals surface area (Å²) < 4.78 is 11.0. The zero-order chi connectivity index (χ0) is 21.8. The van der Waals surface area contributed by atoms with Crippen molar-refractivity contribution in [1.82, 2.24) is 0 Å². The first-order chi connectivity index (χ1) is 13.2. The van der Waals surface area contributed by atoms with Crippen molar-refractivity contribution in [3.63, 3.8) is 0 Å². The topological polar surface area (TPSA) is 9.23 Å². The van der Waals surface area contributed by atoms with E-state index in [-0.39, 0.29) is 0 Å². The van der Waals surface area contributed by atoms with E-state index in [2.05, 4.69) is 73.8 Å². The number of unbranched alkanes of at least 4 members (excludes halogenated alkanes) is 3. The third-order valence-electron chi connectivity index (χ3n) is 7.16. The molecule has 1 nitrogen and oxygen atoms in total. The average Bonchev–Trinajstić information content (AvgIpc) is 2.64. The molecule has 0 radical (unpaired) electrons. The molecule has 0 bridgehead atoms. The fraction of sp³-hybridized carbons (Fsp3) is 0.920. The van der Waals surface area contributed by atoms with Crippen molar-refractivity contribution >= 4 is 26.5 Å². The van der Waals surface area contributed by atoms with Crippen LogP contribution in [0.3, 0.4) is 0 Å². The fourth-order valence-corrected chi connectivity index (χ4v) is 27.0. The van der Waals surface area contributed by atoms with Crippen LogP contribution in [-0.2, 0) is 4.74 Å². The molecule has 0 aliphatic carbocycles. The molecule has 166 valence electrons. The second-order valence-electron chi connectivity index (χ2n) is 9.96. The molecular formula is C25H52OSiSn. The van der Waals surface area contributed by atoms with E-state index in [1.165, 1.54) is 51.8 Å². The van der Waals surface area contributed by atoms with Gasteiger partial charge in [0.05, 0.1) is 0 Å². The predicted molar refractivity (Wildman–Crippen MR) is 135 cm³/mol. The molecule has 0 amide bonds. The Morgan fingerprint density at radius 3 is 1.32 bits per heavy atom. The Morgan fingerprint density at radius 1 is 0.714 bits per heavy atom. The quantitative estimate of drug-likeness (QED) is 0.166. The molecule has 1 atom stereocenters. The molecule has 0 rings (SSSR count). The summed E-state index contributed by atoms with van der Waals surface area (Å²) in [6.45, 7) is 21.6. The van der Waals surface area contributed by atoms with Gasteiger partial charge in [-0.2, -0.15) is 0 Å². The van der Waals surface area contributed by atoms with E-state index < -0.39 is 26.5 Å². The Kier molecular flexibility index (Phi) is 14.8. The van der Waals surface area contributed by atoms with Gasteiger partial charge in [0.1, 0.15) is 0 Å². The molecule has 3 heteroatoms.